The fraction of sp³-hybridized carbons (Fsp3) is 0.0909. The monoisotopic (exact) mass is 425 g/mol. The molecule has 30 heavy (non-hydrogen) atoms. The van der Waals surface area contributed by atoms with Crippen LogP contribution < -0.4 is 4.74 Å². The number of aryl methyl sites for hydroxylation is 1. The molecule has 0 unspecified atom stereocenters. The molecule has 8 heteroatoms. The van der Waals surface area contributed by atoms with E-state index in [2.05, 4.69) is 0 Å². The number of Topliss-reactive ketones (excluding diaryl/α,β-unsaturated/α-hetero) is 1. The Morgan fingerprint density at radius 1 is 0.967 bits per heavy atom. The highest BCUT2D eigenvalue weighted by atomic mass is 35.5. The van der Waals surface area contributed by atoms with Crippen molar-refractivity contribution in [3.63, 3.8) is 0 Å². The van der Waals surface area contributed by atoms with E-state index in [4.69, 9.17) is 21.1 Å². The number of nitro benzene ring substituents is 1. The molecule has 0 spiro atoms. The van der Waals surface area contributed by atoms with E-state index in [0.29, 0.717) is 5.56 Å². The van der Waals surface area contributed by atoms with E-state index in [1.165, 1.54) is 42.5 Å². The average Bonchev–Trinajstić information content (AvgIpc) is 2.74. The van der Waals surface area contributed by atoms with Crippen molar-refractivity contribution < 1.29 is 24.0 Å². The van der Waals surface area contributed by atoms with Gasteiger partial charge in [-0.2, -0.15) is 0 Å². The Hall–Kier alpha value is -3.71. The molecule has 0 bridgehead atoms. The molecule has 3 rings (SSSR count). The number of halogens is 1. The molecule has 0 aliphatic heterocycles. The topological polar surface area (TPSA) is 95.7 Å². The molecule has 3 aromatic rings. The number of esters is 1. The molecule has 0 aromatic heterocycles. The van der Waals surface area contributed by atoms with Crippen molar-refractivity contribution in [2.75, 3.05) is 6.61 Å². The molecule has 152 valence electrons. The van der Waals surface area contributed by atoms with Gasteiger partial charge < -0.3 is 9.47 Å². The van der Waals surface area contributed by atoms with Crippen LogP contribution in [0.5, 0.6) is 11.5 Å². The minimum atomic E-state index is -0.675. The molecule has 0 saturated carbocycles. The molecule has 0 atom stereocenters. The van der Waals surface area contributed by atoms with E-state index in [9.17, 15) is 19.7 Å². The number of hydrogen-bond acceptors (Lipinski definition) is 6. The quantitative estimate of drug-likeness (QED) is 0.218. The largest absolute Gasteiger partial charge is 0.454 e. The number of hydrogen-bond donors (Lipinski definition) is 0. The number of nitrogens with zero attached hydrogens (tertiary/aromatic N) is 1. The summed E-state index contributed by atoms with van der Waals surface area (Å²) in [5, 5.41) is 11.2. The molecule has 0 N–H and O–H groups in total. The summed E-state index contributed by atoms with van der Waals surface area (Å²) in [6.07, 6.45) is 0. The molecule has 0 radical (unpaired) electrons. The number of carbonyl (C=O) groups excluding carboxylic acids is 2. The second-order valence-electron chi connectivity index (χ2n) is 6.34. The van der Waals surface area contributed by atoms with Crippen LogP contribution in [-0.2, 0) is 4.74 Å². The first-order chi connectivity index (χ1) is 14.3. The normalized spacial score (nSPS) is 10.3. The Morgan fingerprint density at radius 2 is 1.60 bits per heavy atom. The third-order valence-electron chi connectivity index (χ3n) is 4.16. The van der Waals surface area contributed by atoms with Gasteiger partial charge in [0, 0.05) is 11.6 Å². The number of benzene rings is 3. The molecule has 3 aromatic carbocycles. The molecule has 0 fully saturated rings. The molecule has 0 amide bonds. The lowest BCUT2D eigenvalue weighted by molar-refractivity contribution is -0.385. The minimum Gasteiger partial charge on any atom is -0.454 e. The summed E-state index contributed by atoms with van der Waals surface area (Å²) >= 11 is 6.00. The van der Waals surface area contributed by atoms with Crippen molar-refractivity contribution >= 4 is 29.0 Å². The van der Waals surface area contributed by atoms with Crippen LogP contribution in [0.3, 0.4) is 0 Å². The molecule has 0 saturated heterocycles. The van der Waals surface area contributed by atoms with Gasteiger partial charge in [0.05, 0.1) is 15.5 Å². The van der Waals surface area contributed by atoms with Crippen molar-refractivity contribution in [2.45, 2.75) is 6.92 Å². The van der Waals surface area contributed by atoms with Gasteiger partial charge in [-0.1, -0.05) is 47.5 Å². The standard InChI is InChI=1S/C22H16ClNO6/c1-14-5-7-15(8-6-14)20(25)13-29-22(26)16-9-11-17(12-10-16)30-21-18(23)3-2-4-19(21)24(27)28/h2-12H,13H2,1H3. The van der Waals surface area contributed by atoms with Crippen LogP contribution >= 0.6 is 11.6 Å². The maximum Gasteiger partial charge on any atom is 0.338 e. The summed E-state index contributed by atoms with van der Waals surface area (Å²) < 4.78 is 10.6. The third kappa shape index (κ3) is 5.01. The highest BCUT2D eigenvalue weighted by molar-refractivity contribution is 6.32. The number of ether oxygens (including phenoxy) is 2. The van der Waals surface area contributed by atoms with Crippen LogP contribution in [0.25, 0.3) is 0 Å². The first-order valence-corrected chi connectivity index (χ1v) is 9.21. The highest BCUT2D eigenvalue weighted by Gasteiger charge is 2.19. The number of ketones is 1. The van der Waals surface area contributed by atoms with Crippen molar-refractivity contribution in [3.8, 4) is 11.5 Å². The Kier molecular flexibility index (Phi) is 6.44. The van der Waals surface area contributed by atoms with Gasteiger partial charge in [-0.25, -0.2) is 4.79 Å². The van der Waals surface area contributed by atoms with Gasteiger partial charge in [0.1, 0.15) is 5.75 Å². The lowest BCUT2D eigenvalue weighted by atomic mass is 10.1. The van der Waals surface area contributed by atoms with E-state index in [0.717, 1.165) is 5.56 Å². The molecular weight excluding hydrogens is 410 g/mol. The van der Waals surface area contributed by atoms with Gasteiger partial charge in [-0.3, -0.25) is 14.9 Å². The summed E-state index contributed by atoms with van der Waals surface area (Å²) in [6, 6.07) is 16.9. The molecule has 0 heterocycles. The van der Waals surface area contributed by atoms with Crippen molar-refractivity contribution in [1.82, 2.24) is 0 Å². The van der Waals surface area contributed by atoms with E-state index < -0.39 is 10.9 Å². The molecular formula is C22H16ClNO6. The second-order valence-corrected chi connectivity index (χ2v) is 6.74. The summed E-state index contributed by atoms with van der Waals surface area (Å²) in [5.74, 6) is -0.832. The Labute approximate surface area is 177 Å². The van der Waals surface area contributed by atoms with Gasteiger partial charge in [-0.15, -0.1) is 0 Å². The van der Waals surface area contributed by atoms with Crippen molar-refractivity contribution in [1.29, 1.82) is 0 Å². The first-order valence-electron chi connectivity index (χ1n) is 8.83. The van der Waals surface area contributed by atoms with E-state index in [1.54, 1.807) is 24.3 Å². The first kappa shape index (κ1) is 21.0. The summed E-state index contributed by atoms with van der Waals surface area (Å²) in [4.78, 5) is 34.8. The number of rotatable bonds is 7. The van der Waals surface area contributed by atoms with Crippen LogP contribution in [0.2, 0.25) is 5.02 Å². The van der Waals surface area contributed by atoms with Crippen molar-refractivity contribution in [2.24, 2.45) is 0 Å². The molecule has 7 nitrogen and oxygen atoms in total. The van der Waals surface area contributed by atoms with Gasteiger partial charge >= 0.3 is 11.7 Å². The van der Waals surface area contributed by atoms with Gasteiger partial charge in [0.25, 0.3) is 0 Å². The molecule has 0 aliphatic rings. The molecule has 0 aliphatic carbocycles. The van der Waals surface area contributed by atoms with Gasteiger partial charge in [-0.05, 0) is 37.3 Å². The average molecular weight is 426 g/mol. The zero-order valence-electron chi connectivity index (χ0n) is 15.8. The fourth-order valence-electron chi connectivity index (χ4n) is 2.56. The zero-order valence-corrected chi connectivity index (χ0v) is 16.6. The third-order valence-corrected chi connectivity index (χ3v) is 4.46. The SMILES string of the molecule is Cc1ccc(C(=O)COC(=O)c2ccc(Oc3c(Cl)cccc3[N+](=O)[O-])cc2)cc1. The predicted octanol–water partition coefficient (Wildman–Crippen LogP) is 5.39. The summed E-state index contributed by atoms with van der Waals surface area (Å²) in [5.41, 5.74) is 1.40. The predicted molar refractivity (Wildman–Crippen MR) is 110 cm³/mol. The maximum atomic E-state index is 12.2. The smallest absolute Gasteiger partial charge is 0.338 e. The fourth-order valence-corrected chi connectivity index (χ4v) is 2.76. The Bertz CT molecular complexity index is 1090. The van der Waals surface area contributed by atoms with Crippen LogP contribution in [0, 0.1) is 17.0 Å². The van der Waals surface area contributed by atoms with Gasteiger partial charge in [0.2, 0.25) is 5.75 Å². The number of carbonyl (C=O) groups is 2. The zero-order chi connectivity index (χ0) is 21.7. The second kappa shape index (κ2) is 9.19. The summed E-state index contributed by atoms with van der Waals surface area (Å²) in [7, 11) is 0. The van der Waals surface area contributed by atoms with E-state index in [-0.39, 0.29) is 40.2 Å². The van der Waals surface area contributed by atoms with Crippen LogP contribution in [0.1, 0.15) is 26.3 Å². The lowest BCUT2D eigenvalue weighted by Crippen LogP contribution is -2.14. The van der Waals surface area contributed by atoms with E-state index >= 15 is 0 Å². The number of nitro groups is 1. The van der Waals surface area contributed by atoms with Crippen molar-refractivity contribution in [3.05, 3.63) is 98.6 Å². The van der Waals surface area contributed by atoms with Gasteiger partial charge in [0.15, 0.2) is 12.4 Å². The highest BCUT2D eigenvalue weighted by Crippen LogP contribution is 2.37. The number of para-hydroxylation sites is 1. The summed E-state index contributed by atoms with van der Waals surface area (Å²) in [6.45, 7) is 1.53. The minimum absolute atomic E-state index is 0.0855. The van der Waals surface area contributed by atoms with Crippen LogP contribution in [0.15, 0.2) is 66.7 Å². The van der Waals surface area contributed by atoms with Crippen LogP contribution in [0.4, 0.5) is 5.69 Å². The Morgan fingerprint density at radius 3 is 2.23 bits per heavy atom. The Balaban J connectivity index is 1.64. The maximum absolute atomic E-state index is 12.2. The van der Waals surface area contributed by atoms with E-state index in [1.807, 2.05) is 6.92 Å². The van der Waals surface area contributed by atoms with Crippen LogP contribution in [-0.4, -0.2) is 23.3 Å². The lowest BCUT2D eigenvalue weighted by Gasteiger charge is -2.09.